The third kappa shape index (κ3) is 5.01. The standard InChI is InChI=1S/C15H15FN2OS/c16-12-4-6-14(7-5-12)20-10-8-15(19)18-11-13-3-1-2-9-17-13/h1-7,9H,8,10-11H2,(H,18,19). The van der Waals surface area contributed by atoms with Crippen LogP contribution in [0.1, 0.15) is 12.1 Å². The first kappa shape index (κ1) is 14.5. The number of aromatic nitrogens is 1. The van der Waals surface area contributed by atoms with Crippen LogP contribution in [0.25, 0.3) is 0 Å². The molecule has 0 bridgehead atoms. The van der Waals surface area contributed by atoms with Gasteiger partial charge in [0.2, 0.25) is 5.91 Å². The molecule has 1 aromatic carbocycles. The highest BCUT2D eigenvalue weighted by Crippen LogP contribution is 2.18. The molecule has 0 radical (unpaired) electrons. The molecule has 0 aliphatic rings. The Hall–Kier alpha value is -1.88. The van der Waals surface area contributed by atoms with Gasteiger partial charge in [0.05, 0.1) is 12.2 Å². The predicted molar refractivity (Wildman–Crippen MR) is 77.8 cm³/mol. The number of hydrogen-bond donors (Lipinski definition) is 1. The maximum absolute atomic E-state index is 12.7. The SMILES string of the molecule is O=C(CCSc1ccc(F)cc1)NCc1ccccn1. The van der Waals surface area contributed by atoms with Crippen molar-refractivity contribution in [3.05, 3.63) is 60.2 Å². The van der Waals surface area contributed by atoms with Crippen LogP contribution in [0, 0.1) is 5.82 Å². The summed E-state index contributed by atoms with van der Waals surface area (Å²) in [6.07, 6.45) is 2.13. The molecule has 0 saturated heterocycles. The average molecular weight is 290 g/mol. The topological polar surface area (TPSA) is 42.0 Å². The van der Waals surface area contributed by atoms with Crippen molar-refractivity contribution in [2.45, 2.75) is 17.9 Å². The lowest BCUT2D eigenvalue weighted by atomic mass is 10.3. The highest BCUT2D eigenvalue weighted by molar-refractivity contribution is 7.99. The van der Waals surface area contributed by atoms with Gasteiger partial charge in [-0.2, -0.15) is 0 Å². The van der Waals surface area contributed by atoms with Crippen molar-refractivity contribution in [1.29, 1.82) is 0 Å². The van der Waals surface area contributed by atoms with Crippen LogP contribution in [0.15, 0.2) is 53.6 Å². The lowest BCUT2D eigenvalue weighted by Crippen LogP contribution is -2.23. The Labute approximate surface area is 121 Å². The molecule has 0 spiro atoms. The highest BCUT2D eigenvalue weighted by atomic mass is 32.2. The van der Waals surface area contributed by atoms with E-state index in [9.17, 15) is 9.18 Å². The summed E-state index contributed by atoms with van der Waals surface area (Å²) in [7, 11) is 0. The summed E-state index contributed by atoms with van der Waals surface area (Å²) in [5.41, 5.74) is 0.840. The normalized spacial score (nSPS) is 10.2. The number of carbonyl (C=O) groups excluding carboxylic acids is 1. The van der Waals surface area contributed by atoms with Crippen molar-refractivity contribution in [3.63, 3.8) is 0 Å². The third-order valence-electron chi connectivity index (χ3n) is 2.60. The summed E-state index contributed by atoms with van der Waals surface area (Å²) in [5.74, 6) is 0.410. The minimum Gasteiger partial charge on any atom is -0.350 e. The van der Waals surface area contributed by atoms with E-state index in [1.165, 1.54) is 23.9 Å². The molecule has 0 aliphatic carbocycles. The average Bonchev–Trinajstić information content (AvgIpc) is 2.48. The molecule has 20 heavy (non-hydrogen) atoms. The van der Waals surface area contributed by atoms with Gasteiger partial charge in [0.1, 0.15) is 5.82 Å². The minimum absolute atomic E-state index is 0.00901. The van der Waals surface area contributed by atoms with Gasteiger partial charge in [-0.3, -0.25) is 9.78 Å². The fraction of sp³-hybridized carbons (Fsp3) is 0.200. The van der Waals surface area contributed by atoms with E-state index in [4.69, 9.17) is 0 Å². The van der Waals surface area contributed by atoms with E-state index < -0.39 is 0 Å². The van der Waals surface area contributed by atoms with Gasteiger partial charge in [0, 0.05) is 23.3 Å². The van der Waals surface area contributed by atoms with E-state index in [0.717, 1.165) is 10.6 Å². The summed E-state index contributed by atoms with van der Waals surface area (Å²) in [6.45, 7) is 0.445. The van der Waals surface area contributed by atoms with E-state index in [-0.39, 0.29) is 11.7 Å². The summed E-state index contributed by atoms with van der Waals surface area (Å²) >= 11 is 1.54. The monoisotopic (exact) mass is 290 g/mol. The van der Waals surface area contributed by atoms with Crippen molar-refractivity contribution in [2.24, 2.45) is 0 Å². The number of halogens is 1. The third-order valence-corrected chi connectivity index (χ3v) is 3.62. The zero-order chi connectivity index (χ0) is 14.2. The fourth-order valence-corrected chi connectivity index (χ4v) is 2.42. The van der Waals surface area contributed by atoms with Gasteiger partial charge >= 0.3 is 0 Å². The summed E-state index contributed by atoms with van der Waals surface area (Å²) in [5, 5.41) is 2.82. The number of rotatable bonds is 6. The molecule has 1 N–H and O–H groups in total. The van der Waals surface area contributed by atoms with Gasteiger partial charge in [0.25, 0.3) is 0 Å². The van der Waals surface area contributed by atoms with Crippen LogP contribution in [-0.4, -0.2) is 16.6 Å². The van der Waals surface area contributed by atoms with Crippen LogP contribution < -0.4 is 5.32 Å². The Balaban J connectivity index is 1.66. The number of thioether (sulfide) groups is 1. The lowest BCUT2D eigenvalue weighted by molar-refractivity contribution is -0.120. The van der Waals surface area contributed by atoms with E-state index in [2.05, 4.69) is 10.3 Å². The van der Waals surface area contributed by atoms with Crippen molar-refractivity contribution in [3.8, 4) is 0 Å². The Morgan fingerprint density at radius 3 is 2.70 bits per heavy atom. The number of benzene rings is 1. The first-order valence-corrected chi connectivity index (χ1v) is 7.27. The maximum atomic E-state index is 12.7. The van der Waals surface area contributed by atoms with Gasteiger partial charge in [-0.1, -0.05) is 6.07 Å². The number of carbonyl (C=O) groups is 1. The Morgan fingerprint density at radius 2 is 2.00 bits per heavy atom. The van der Waals surface area contributed by atoms with Crippen LogP contribution in [0.5, 0.6) is 0 Å². The van der Waals surface area contributed by atoms with Crippen molar-refractivity contribution in [2.75, 3.05) is 5.75 Å². The minimum atomic E-state index is -0.248. The predicted octanol–water partition coefficient (Wildman–Crippen LogP) is 3.02. The molecule has 2 aromatic rings. The first-order chi connectivity index (χ1) is 9.74. The Morgan fingerprint density at radius 1 is 1.20 bits per heavy atom. The summed E-state index contributed by atoms with van der Waals surface area (Å²) < 4.78 is 12.7. The highest BCUT2D eigenvalue weighted by Gasteiger charge is 2.02. The molecule has 0 atom stereocenters. The lowest BCUT2D eigenvalue weighted by Gasteiger charge is -2.05. The molecule has 5 heteroatoms. The van der Waals surface area contributed by atoms with Crippen LogP contribution >= 0.6 is 11.8 Å². The zero-order valence-corrected chi connectivity index (χ0v) is 11.7. The van der Waals surface area contributed by atoms with Crippen molar-refractivity contribution >= 4 is 17.7 Å². The number of amides is 1. The molecule has 104 valence electrons. The molecular weight excluding hydrogens is 275 g/mol. The summed E-state index contributed by atoms with van der Waals surface area (Å²) in [6, 6.07) is 11.9. The second kappa shape index (κ2) is 7.65. The Bertz CT molecular complexity index is 546. The van der Waals surface area contributed by atoms with Crippen molar-refractivity contribution < 1.29 is 9.18 Å². The molecule has 0 unspecified atom stereocenters. The zero-order valence-electron chi connectivity index (χ0n) is 10.9. The number of hydrogen-bond acceptors (Lipinski definition) is 3. The van der Waals surface area contributed by atoms with Crippen LogP contribution in [-0.2, 0) is 11.3 Å². The van der Waals surface area contributed by atoms with Crippen molar-refractivity contribution in [1.82, 2.24) is 10.3 Å². The van der Waals surface area contributed by atoms with Crippen LogP contribution in [0.3, 0.4) is 0 Å². The van der Waals surface area contributed by atoms with Gasteiger partial charge in [0.15, 0.2) is 0 Å². The summed E-state index contributed by atoms with van der Waals surface area (Å²) in [4.78, 5) is 16.7. The van der Waals surface area contributed by atoms with E-state index in [1.807, 2.05) is 18.2 Å². The fourth-order valence-electron chi connectivity index (χ4n) is 1.57. The van der Waals surface area contributed by atoms with Gasteiger partial charge < -0.3 is 5.32 Å². The number of nitrogens with zero attached hydrogens (tertiary/aromatic N) is 1. The molecular formula is C15H15FN2OS. The maximum Gasteiger partial charge on any atom is 0.221 e. The first-order valence-electron chi connectivity index (χ1n) is 6.29. The van der Waals surface area contributed by atoms with Gasteiger partial charge in [-0.05, 0) is 36.4 Å². The van der Waals surface area contributed by atoms with E-state index >= 15 is 0 Å². The molecule has 1 aromatic heterocycles. The van der Waals surface area contributed by atoms with E-state index in [1.54, 1.807) is 18.3 Å². The number of nitrogens with one attached hydrogen (secondary N) is 1. The smallest absolute Gasteiger partial charge is 0.221 e. The molecule has 1 amide bonds. The molecule has 0 aliphatic heterocycles. The van der Waals surface area contributed by atoms with Crippen LogP contribution in [0.2, 0.25) is 0 Å². The van der Waals surface area contributed by atoms with E-state index in [0.29, 0.717) is 18.7 Å². The largest absolute Gasteiger partial charge is 0.350 e. The second-order valence-corrected chi connectivity index (χ2v) is 5.32. The molecule has 0 saturated carbocycles. The molecule has 3 nitrogen and oxygen atoms in total. The Kier molecular flexibility index (Phi) is 5.55. The van der Waals surface area contributed by atoms with Gasteiger partial charge in [-0.25, -0.2) is 4.39 Å². The number of pyridine rings is 1. The molecule has 1 heterocycles. The molecule has 0 fully saturated rings. The van der Waals surface area contributed by atoms with Crippen LogP contribution in [0.4, 0.5) is 4.39 Å². The quantitative estimate of drug-likeness (QED) is 0.832. The second-order valence-electron chi connectivity index (χ2n) is 4.15. The van der Waals surface area contributed by atoms with Gasteiger partial charge in [-0.15, -0.1) is 11.8 Å². The molecule has 2 rings (SSSR count).